The van der Waals surface area contributed by atoms with Gasteiger partial charge in [-0.3, -0.25) is 0 Å². The molecule has 18 heavy (non-hydrogen) atoms. The van der Waals surface area contributed by atoms with Gasteiger partial charge in [0.2, 0.25) is 0 Å². The SMILES string of the molecule is COC(=O)C(C)=C(C)C1CCCc2ccccc21. The van der Waals surface area contributed by atoms with Gasteiger partial charge in [-0.2, -0.15) is 0 Å². The Hall–Kier alpha value is -1.57. The summed E-state index contributed by atoms with van der Waals surface area (Å²) in [6.07, 6.45) is 3.46. The predicted octanol–water partition coefficient (Wildman–Crippen LogP) is 3.62. The molecule has 1 atom stereocenters. The molecule has 1 aromatic rings. The number of fused-ring (bicyclic) bond motifs is 1. The maximum absolute atomic E-state index is 11.6. The van der Waals surface area contributed by atoms with Crippen molar-refractivity contribution >= 4 is 5.97 Å². The fourth-order valence-electron chi connectivity index (χ4n) is 2.78. The molecule has 1 aliphatic rings. The third-order valence-electron chi connectivity index (χ3n) is 3.98. The molecule has 0 radical (unpaired) electrons. The number of hydrogen-bond donors (Lipinski definition) is 0. The number of ether oxygens (including phenoxy) is 1. The number of methoxy groups -OCH3 is 1. The molecule has 0 N–H and O–H groups in total. The molecule has 96 valence electrons. The first-order valence-electron chi connectivity index (χ1n) is 6.48. The van der Waals surface area contributed by atoms with E-state index >= 15 is 0 Å². The monoisotopic (exact) mass is 244 g/mol. The molecule has 0 aromatic heterocycles. The summed E-state index contributed by atoms with van der Waals surface area (Å²) in [5.74, 6) is 0.157. The maximum Gasteiger partial charge on any atom is 0.333 e. The number of rotatable bonds is 2. The second-order valence-corrected chi connectivity index (χ2v) is 4.94. The van der Waals surface area contributed by atoms with Gasteiger partial charge in [-0.05, 0) is 44.2 Å². The topological polar surface area (TPSA) is 26.3 Å². The third kappa shape index (κ3) is 2.33. The molecule has 2 rings (SSSR count). The summed E-state index contributed by atoms with van der Waals surface area (Å²) in [5.41, 5.74) is 4.70. The molecule has 0 saturated carbocycles. The smallest absolute Gasteiger partial charge is 0.333 e. The Bertz CT molecular complexity index is 486. The second kappa shape index (κ2) is 5.38. The van der Waals surface area contributed by atoms with Crippen LogP contribution in [0.1, 0.15) is 43.7 Å². The molecular weight excluding hydrogens is 224 g/mol. The van der Waals surface area contributed by atoms with Gasteiger partial charge in [-0.25, -0.2) is 4.79 Å². The van der Waals surface area contributed by atoms with Crippen LogP contribution in [0.25, 0.3) is 0 Å². The van der Waals surface area contributed by atoms with Gasteiger partial charge in [-0.15, -0.1) is 0 Å². The number of aryl methyl sites for hydroxylation is 1. The minimum Gasteiger partial charge on any atom is -0.466 e. The van der Waals surface area contributed by atoms with Crippen LogP contribution in [-0.2, 0) is 16.0 Å². The van der Waals surface area contributed by atoms with Crippen molar-refractivity contribution in [2.75, 3.05) is 7.11 Å². The van der Waals surface area contributed by atoms with Gasteiger partial charge >= 0.3 is 5.97 Å². The fourth-order valence-corrected chi connectivity index (χ4v) is 2.78. The molecule has 0 saturated heterocycles. The van der Waals surface area contributed by atoms with Crippen molar-refractivity contribution in [3.8, 4) is 0 Å². The normalized spacial score (nSPS) is 19.8. The molecule has 2 heteroatoms. The van der Waals surface area contributed by atoms with Crippen molar-refractivity contribution in [3.63, 3.8) is 0 Å². The maximum atomic E-state index is 11.6. The minimum atomic E-state index is -0.212. The summed E-state index contributed by atoms with van der Waals surface area (Å²) in [5, 5.41) is 0. The summed E-state index contributed by atoms with van der Waals surface area (Å²) >= 11 is 0. The second-order valence-electron chi connectivity index (χ2n) is 4.94. The highest BCUT2D eigenvalue weighted by molar-refractivity contribution is 5.88. The quantitative estimate of drug-likeness (QED) is 0.586. The zero-order chi connectivity index (χ0) is 13.1. The Morgan fingerprint density at radius 3 is 2.72 bits per heavy atom. The Labute approximate surface area is 109 Å². The Kier molecular flexibility index (Phi) is 3.85. The van der Waals surface area contributed by atoms with Gasteiger partial charge < -0.3 is 4.74 Å². The summed E-state index contributed by atoms with van der Waals surface area (Å²) in [7, 11) is 1.44. The van der Waals surface area contributed by atoms with Gasteiger partial charge in [0.1, 0.15) is 0 Å². The molecule has 1 aliphatic carbocycles. The minimum absolute atomic E-state index is 0.212. The first-order valence-corrected chi connectivity index (χ1v) is 6.48. The standard InChI is InChI=1S/C16H20O2/c1-11(12(2)16(17)18-3)14-10-6-8-13-7-4-5-9-15(13)14/h4-5,7,9,14H,6,8,10H2,1-3H3. The average Bonchev–Trinajstić information content (AvgIpc) is 2.44. The van der Waals surface area contributed by atoms with Crippen molar-refractivity contribution in [3.05, 3.63) is 46.5 Å². The van der Waals surface area contributed by atoms with Crippen LogP contribution in [-0.4, -0.2) is 13.1 Å². The van der Waals surface area contributed by atoms with Gasteiger partial charge in [-0.1, -0.05) is 29.8 Å². The van der Waals surface area contributed by atoms with E-state index in [9.17, 15) is 4.79 Å². The van der Waals surface area contributed by atoms with E-state index in [1.165, 1.54) is 24.7 Å². The molecule has 0 heterocycles. The van der Waals surface area contributed by atoms with Gasteiger partial charge in [0.15, 0.2) is 0 Å². The summed E-state index contributed by atoms with van der Waals surface area (Å²) in [6, 6.07) is 8.56. The lowest BCUT2D eigenvalue weighted by Crippen LogP contribution is -2.14. The molecule has 2 nitrogen and oxygen atoms in total. The number of carbonyl (C=O) groups excluding carboxylic acids is 1. The van der Waals surface area contributed by atoms with E-state index in [-0.39, 0.29) is 5.97 Å². The van der Waals surface area contributed by atoms with Crippen molar-refractivity contribution < 1.29 is 9.53 Å². The van der Waals surface area contributed by atoms with Crippen LogP contribution in [0.2, 0.25) is 0 Å². The lowest BCUT2D eigenvalue weighted by atomic mass is 9.78. The predicted molar refractivity (Wildman–Crippen MR) is 72.5 cm³/mol. The highest BCUT2D eigenvalue weighted by Crippen LogP contribution is 2.37. The van der Waals surface area contributed by atoms with Gasteiger partial charge in [0.25, 0.3) is 0 Å². The van der Waals surface area contributed by atoms with Crippen molar-refractivity contribution in [2.45, 2.75) is 39.0 Å². The zero-order valence-corrected chi connectivity index (χ0v) is 11.3. The van der Waals surface area contributed by atoms with Crippen LogP contribution in [0, 0.1) is 0 Å². The van der Waals surface area contributed by atoms with Crippen molar-refractivity contribution in [1.29, 1.82) is 0 Å². The molecule has 0 fully saturated rings. The zero-order valence-electron chi connectivity index (χ0n) is 11.3. The molecule has 1 unspecified atom stereocenters. The van der Waals surface area contributed by atoms with Gasteiger partial charge in [0.05, 0.1) is 7.11 Å². The Morgan fingerprint density at radius 1 is 1.28 bits per heavy atom. The Balaban J connectivity index is 2.39. The van der Waals surface area contributed by atoms with E-state index in [1.54, 1.807) is 0 Å². The van der Waals surface area contributed by atoms with E-state index in [2.05, 4.69) is 31.2 Å². The molecular formula is C16H20O2. The van der Waals surface area contributed by atoms with Crippen LogP contribution >= 0.6 is 0 Å². The van der Waals surface area contributed by atoms with E-state index in [4.69, 9.17) is 4.74 Å². The average molecular weight is 244 g/mol. The van der Waals surface area contributed by atoms with E-state index in [0.717, 1.165) is 24.0 Å². The third-order valence-corrected chi connectivity index (χ3v) is 3.98. The number of allylic oxidation sites excluding steroid dienone is 1. The number of esters is 1. The molecule has 0 bridgehead atoms. The molecule has 0 amide bonds. The van der Waals surface area contributed by atoms with Crippen LogP contribution in [0.4, 0.5) is 0 Å². The Morgan fingerprint density at radius 2 is 2.00 bits per heavy atom. The summed E-state index contributed by atoms with van der Waals surface area (Å²) in [6.45, 7) is 3.91. The number of benzene rings is 1. The fraction of sp³-hybridized carbons (Fsp3) is 0.438. The highest BCUT2D eigenvalue weighted by atomic mass is 16.5. The number of hydrogen-bond acceptors (Lipinski definition) is 2. The van der Waals surface area contributed by atoms with Crippen LogP contribution < -0.4 is 0 Å². The summed E-state index contributed by atoms with van der Waals surface area (Å²) < 4.78 is 4.82. The van der Waals surface area contributed by atoms with Crippen LogP contribution in [0.3, 0.4) is 0 Å². The largest absolute Gasteiger partial charge is 0.466 e. The summed E-state index contributed by atoms with van der Waals surface area (Å²) in [4.78, 5) is 11.6. The lowest BCUT2D eigenvalue weighted by Gasteiger charge is -2.27. The number of carbonyl (C=O) groups is 1. The van der Waals surface area contributed by atoms with E-state index < -0.39 is 0 Å². The van der Waals surface area contributed by atoms with E-state index in [1.807, 2.05) is 6.92 Å². The van der Waals surface area contributed by atoms with Crippen molar-refractivity contribution in [2.24, 2.45) is 0 Å². The molecule has 1 aromatic carbocycles. The van der Waals surface area contributed by atoms with Crippen molar-refractivity contribution in [1.82, 2.24) is 0 Å². The lowest BCUT2D eigenvalue weighted by molar-refractivity contribution is -0.136. The first-order chi connectivity index (χ1) is 8.65. The first kappa shape index (κ1) is 12.9. The molecule has 0 aliphatic heterocycles. The van der Waals surface area contributed by atoms with Crippen LogP contribution in [0.15, 0.2) is 35.4 Å². The van der Waals surface area contributed by atoms with E-state index in [0.29, 0.717) is 5.92 Å². The molecule has 0 spiro atoms. The van der Waals surface area contributed by atoms with Crippen LogP contribution in [0.5, 0.6) is 0 Å². The van der Waals surface area contributed by atoms with Gasteiger partial charge in [0, 0.05) is 11.5 Å². The highest BCUT2D eigenvalue weighted by Gasteiger charge is 2.23.